The summed E-state index contributed by atoms with van der Waals surface area (Å²) in [6.07, 6.45) is 3.78. The Hall–Kier alpha value is -2.27. The quantitative estimate of drug-likeness (QED) is 0.718. The minimum Gasteiger partial charge on any atom is -0.267 e. The Bertz CT molecular complexity index is 799. The number of fused-ring (bicyclic) bond motifs is 1. The van der Waals surface area contributed by atoms with E-state index in [4.69, 9.17) is 0 Å². The van der Waals surface area contributed by atoms with E-state index < -0.39 is 0 Å². The van der Waals surface area contributed by atoms with Crippen LogP contribution in [0.4, 0.5) is 0 Å². The van der Waals surface area contributed by atoms with Gasteiger partial charge in [-0.2, -0.15) is 9.61 Å². The van der Waals surface area contributed by atoms with Crippen molar-refractivity contribution < 1.29 is 0 Å². The predicted molar refractivity (Wildman–Crippen MR) is 77.2 cm³/mol. The van der Waals surface area contributed by atoms with Crippen LogP contribution in [-0.2, 0) is 0 Å². The average molecular weight is 269 g/mol. The topological polar surface area (TPSA) is 47.3 Å². The molecular weight excluding hydrogens is 258 g/mol. The van der Waals surface area contributed by atoms with E-state index in [9.17, 15) is 4.79 Å². The first-order valence-electron chi connectivity index (χ1n) is 5.81. The molecule has 0 atom stereocenters. The summed E-state index contributed by atoms with van der Waals surface area (Å²) in [5.41, 5.74) is 4.40. The molecule has 0 N–H and O–H groups in total. The molecule has 4 nitrogen and oxygen atoms in total. The first-order valence-corrected chi connectivity index (χ1v) is 6.69. The zero-order valence-corrected chi connectivity index (χ0v) is 11.1. The van der Waals surface area contributed by atoms with Crippen LogP contribution in [0.3, 0.4) is 0 Å². The maximum atomic E-state index is 11.7. The van der Waals surface area contributed by atoms with Gasteiger partial charge in [-0.1, -0.05) is 47.2 Å². The van der Waals surface area contributed by atoms with Crippen molar-refractivity contribution in [2.75, 3.05) is 0 Å². The highest BCUT2D eigenvalue weighted by molar-refractivity contribution is 7.14. The fraction of sp³-hybridized carbons (Fsp3) is 0.0714. The summed E-state index contributed by atoms with van der Waals surface area (Å²) in [5.74, 6) is 0. The summed E-state index contributed by atoms with van der Waals surface area (Å²) >= 11 is 1.35. The van der Waals surface area contributed by atoms with E-state index in [0.29, 0.717) is 10.7 Å². The highest BCUT2D eigenvalue weighted by Gasteiger charge is 2.01. The lowest BCUT2D eigenvalue weighted by Gasteiger charge is -1.96. The van der Waals surface area contributed by atoms with Crippen LogP contribution < -0.4 is 5.56 Å². The molecule has 0 unspecified atom stereocenters. The number of aromatic nitrogens is 3. The van der Waals surface area contributed by atoms with Gasteiger partial charge in [0, 0.05) is 6.07 Å². The first kappa shape index (κ1) is 11.8. The zero-order valence-electron chi connectivity index (χ0n) is 10.3. The Kier molecular flexibility index (Phi) is 2.97. The maximum absolute atomic E-state index is 11.7. The molecule has 94 valence electrons. The van der Waals surface area contributed by atoms with Crippen LogP contribution in [0.2, 0.25) is 0 Å². The smallest absolute Gasteiger partial charge is 0.267 e. The Morgan fingerprint density at radius 1 is 1.21 bits per heavy atom. The van der Waals surface area contributed by atoms with Crippen molar-refractivity contribution in [1.29, 1.82) is 0 Å². The van der Waals surface area contributed by atoms with Crippen molar-refractivity contribution >= 4 is 28.4 Å². The maximum Gasteiger partial charge on any atom is 0.275 e. The van der Waals surface area contributed by atoms with Crippen molar-refractivity contribution in [1.82, 2.24) is 14.6 Å². The second-order valence-corrected chi connectivity index (χ2v) is 5.01. The molecule has 0 saturated heterocycles. The van der Waals surface area contributed by atoms with Crippen LogP contribution in [-0.4, -0.2) is 14.6 Å². The fourth-order valence-corrected chi connectivity index (χ4v) is 2.35. The summed E-state index contributed by atoms with van der Waals surface area (Å²) in [6, 6.07) is 9.65. The minimum atomic E-state index is -0.158. The van der Waals surface area contributed by atoms with E-state index in [-0.39, 0.29) is 5.56 Å². The molecule has 0 fully saturated rings. The highest BCUT2D eigenvalue weighted by atomic mass is 32.1. The molecule has 0 bridgehead atoms. The molecule has 0 saturated carbocycles. The summed E-state index contributed by atoms with van der Waals surface area (Å²) < 4.78 is 1.30. The molecule has 3 rings (SSSR count). The van der Waals surface area contributed by atoms with Gasteiger partial charge in [0.2, 0.25) is 4.96 Å². The third kappa shape index (κ3) is 2.46. The number of rotatable bonds is 2. The second-order valence-electron chi connectivity index (χ2n) is 4.20. The number of hydrogen-bond acceptors (Lipinski definition) is 4. The standard InChI is InChI=1S/C14H11N3OS/c1-10-2-4-11(5-3-10)6-7-12-8-13(18)17-14(16-12)19-9-15-17/h2-9H,1H3. The number of nitrogens with zero attached hydrogens (tertiary/aromatic N) is 3. The molecule has 0 aliphatic carbocycles. The third-order valence-corrected chi connectivity index (χ3v) is 3.41. The lowest BCUT2D eigenvalue weighted by atomic mass is 10.1. The second kappa shape index (κ2) is 4.78. The molecular formula is C14H11N3OS. The number of aryl methyl sites for hydroxylation is 1. The molecule has 2 aromatic heterocycles. The average Bonchev–Trinajstić information content (AvgIpc) is 2.87. The molecule has 0 aliphatic heterocycles. The van der Waals surface area contributed by atoms with E-state index in [2.05, 4.69) is 10.1 Å². The van der Waals surface area contributed by atoms with E-state index >= 15 is 0 Å². The lowest BCUT2D eigenvalue weighted by Crippen LogP contribution is -2.13. The van der Waals surface area contributed by atoms with Crippen LogP contribution >= 0.6 is 11.3 Å². The van der Waals surface area contributed by atoms with Gasteiger partial charge in [0.15, 0.2) is 0 Å². The van der Waals surface area contributed by atoms with E-state index in [1.807, 2.05) is 43.3 Å². The van der Waals surface area contributed by atoms with Gasteiger partial charge in [0.1, 0.15) is 5.51 Å². The molecule has 0 radical (unpaired) electrons. The van der Waals surface area contributed by atoms with Crippen molar-refractivity contribution in [3.8, 4) is 0 Å². The van der Waals surface area contributed by atoms with Crippen molar-refractivity contribution in [2.45, 2.75) is 6.92 Å². The van der Waals surface area contributed by atoms with Gasteiger partial charge in [-0.15, -0.1) is 0 Å². The van der Waals surface area contributed by atoms with Gasteiger partial charge in [0.25, 0.3) is 5.56 Å². The Balaban J connectivity index is 1.96. The molecule has 5 heteroatoms. The molecule has 0 amide bonds. The minimum absolute atomic E-state index is 0.158. The normalized spacial score (nSPS) is 11.4. The molecule has 3 aromatic rings. The number of hydrogen-bond donors (Lipinski definition) is 0. The Morgan fingerprint density at radius 3 is 2.79 bits per heavy atom. The van der Waals surface area contributed by atoms with E-state index in [1.165, 1.54) is 27.5 Å². The van der Waals surface area contributed by atoms with Crippen LogP contribution in [0.15, 0.2) is 40.6 Å². The molecule has 0 aliphatic rings. The largest absolute Gasteiger partial charge is 0.275 e. The zero-order chi connectivity index (χ0) is 13.2. The lowest BCUT2D eigenvalue weighted by molar-refractivity contribution is 0.897. The SMILES string of the molecule is Cc1ccc(C=Cc2cc(=O)n3ncsc3n2)cc1. The number of benzene rings is 1. The van der Waals surface area contributed by atoms with Crippen molar-refractivity contribution in [2.24, 2.45) is 0 Å². The van der Waals surface area contributed by atoms with Gasteiger partial charge < -0.3 is 0 Å². The summed E-state index contributed by atoms with van der Waals surface area (Å²) in [5, 5.41) is 3.92. The summed E-state index contributed by atoms with van der Waals surface area (Å²) in [7, 11) is 0. The van der Waals surface area contributed by atoms with Crippen LogP contribution in [0, 0.1) is 6.92 Å². The molecule has 1 aromatic carbocycles. The van der Waals surface area contributed by atoms with Crippen LogP contribution in [0.1, 0.15) is 16.8 Å². The van der Waals surface area contributed by atoms with Gasteiger partial charge in [-0.25, -0.2) is 4.98 Å². The van der Waals surface area contributed by atoms with Crippen LogP contribution in [0.5, 0.6) is 0 Å². The molecule has 2 heterocycles. The highest BCUT2D eigenvalue weighted by Crippen LogP contribution is 2.09. The van der Waals surface area contributed by atoms with Crippen molar-refractivity contribution in [3.63, 3.8) is 0 Å². The Morgan fingerprint density at radius 2 is 2.00 bits per heavy atom. The van der Waals surface area contributed by atoms with Crippen molar-refractivity contribution in [3.05, 3.63) is 63.0 Å². The molecule has 19 heavy (non-hydrogen) atoms. The van der Waals surface area contributed by atoms with Gasteiger partial charge >= 0.3 is 0 Å². The van der Waals surface area contributed by atoms with Gasteiger partial charge in [-0.05, 0) is 18.6 Å². The van der Waals surface area contributed by atoms with E-state index in [1.54, 1.807) is 5.51 Å². The summed E-state index contributed by atoms with van der Waals surface area (Å²) in [4.78, 5) is 16.7. The third-order valence-electron chi connectivity index (χ3n) is 2.73. The van der Waals surface area contributed by atoms with Gasteiger partial charge in [-0.3, -0.25) is 4.79 Å². The van der Waals surface area contributed by atoms with E-state index in [0.717, 1.165) is 5.56 Å². The predicted octanol–water partition coefficient (Wildman–Crippen LogP) is 2.63. The molecule has 0 spiro atoms. The monoisotopic (exact) mass is 269 g/mol. The van der Waals surface area contributed by atoms with Gasteiger partial charge in [0.05, 0.1) is 5.69 Å². The fourth-order valence-electron chi connectivity index (χ4n) is 1.72. The Labute approximate surface area is 113 Å². The summed E-state index contributed by atoms with van der Waals surface area (Å²) in [6.45, 7) is 2.05. The van der Waals surface area contributed by atoms with Crippen LogP contribution in [0.25, 0.3) is 17.1 Å². The first-order chi connectivity index (χ1) is 9.22.